The van der Waals surface area contributed by atoms with E-state index in [-0.39, 0.29) is 10.5 Å². The van der Waals surface area contributed by atoms with Gasteiger partial charge in [0.05, 0.1) is 10.5 Å². The molecular formula is C13H18INO4S. The van der Waals surface area contributed by atoms with Crippen LogP contribution in [0.2, 0.25) is 0 Å². The van der Waals surface area contributed by atoms with Gasteiger partial charge in [-0.1, -0.05) is 13.8 Å². The first-order chi connectivity index (χ1) is 9.34. The van der Waals surface area contributed by atoms with Crippen molar-refractivity contribution >= 4 is 38.6 Å². The van der Waals surface area contributed by atoms with E-state index in [0.29, 0.717) is 16.7 Å². The second kappa shape index (κ2) is 7.37. The van der Waals surface area contributed by atoms with E-state index in [4.69, 9.17) is 5.11 Å². The monoisotopic (exact) mass is 411 g/mol. The van der Waals surface area contributed by atoms with Crippen LogP contribution in [0.15, 0.2) is 23.1 Å². The Hall–Kier alpha value is -0.670. The lowest BCUT2D eigenvalue weighted by molar-refractivity contribution is 0.0695. The third-order valence-corrected chi connectivity index (χ3v) is 5.59. The van der Waals surface area contributed by atoms with Crippen LogP contribution in [0.3, 0.4) is 0 Å². The Bertz CT molecular complexity index is 580. The molecule has 0 atom stereocenters. The Kier molecular flexibility index (Phi) is 6.41. The molecule has 1 rings (SSSR count). The summed E-state index contributed by atoms with van der Waals surface area (Å²) in [5.41, 5.74) is 0.0135. The Balaban J connectivity index is 3.26. The van der Waals surface area contributed by atoms with E-state index in [9.17, 15) is 13.2 Å². The Morgan fingerprint density at radius 3 is 2.25 bits per heavy atom. The SMILES string of the molecule is CCCN(CCC)S(=O)(=O)c1ccc(I)c(C(=O)O)c1. The molecule has 0 bridgehead atoms. The minimum absolute atomic E-state index is 0.0135. The highest BCUT2D eigenvalue weighted by Crippen LogP contribution is 2.21. The number of nitrogens with zero attached hydrogens (tertiary/aromatic N) is 1. The summed E-state index contributed by atoms with van der Waals surface area (Å²) in [6.45, 7) is 4.69. The van der Waals surface area contributed by atoms with Crippen molar-refractivity contribution in [3.63, 3.8) is 0 Å². The second-order valence-electron chi connectivity index (χ2n) is 4.35. The third kappa shape index (κ3) is 3.92. The molecular weight excluding hydrogens is 393 g/mol. The molecule has 0 aromatic heterocycles. The van der Waals surface area contributed by atoms with Crippen molar-refractivity contribution in [2.75, 3.05) is 13.1 Å². The molecule has 0 amide bonds. The van der Waals surface area contributed by atoms with Gasteiger partial charge in [-0.3, -0.25) is 0 Å². The number of carboxylic acid groups (broad SMARTS) is 1. The fraction of sp³-hybridized carbons (Fsp3) is 0.462. The van der Waals surface area contributed by atoms with Crippen molar-refractivity contribution in [1.29, 1.82) is 0 Å². The summed E-state index contributed by atoms with van der Waals surface area (Å²) in [7, 11) is -3.63. The number of benzene rings is 1. The van der Waals surface area contributed by atoms with Gasteiger partial charge in [0.25, 0.3) is 0 Å². The first-order valence-electron chi connectivity index (χ1n) is 6.37. The van der Waals surface area contributed by atoms with Crippen molar-refractivity contribution in [2.45, 2.75) is 31.6 Å². The van der Waals surface area contributed by atoms with Gasteiger partial charge in [-0.2, -0.15) is 4.31 Å². The lowest BCUT2D eigenvalue weighted by Crippen LogP contribution is -2.32. The van der Waals surface area contributed by atoms with Crippen LogP contribution in [0.25, 0.3) is 0 Å². The zero-order chi connectivity index (χ0) is 15.3. The molecule has 20 heavy (non-hydrogen) atoms. The lowest BCUT2D eigenvalue weighted by atomic mass is 10.2. The fourth-order valence-electron chi connectivity index (χ4n) is 1.83. The van der Waals surface area contributed by atoms with Gasteiger partial charge in [-0.15, -0.1) is 0 Å². The standard InChI is InChI=1S/C13H18INO4S/c1-3-7-15(8-4-2)20(18,19)10-5-6-12(14)11(9-10)13(16)17/h5-6,9H,3-4,7-8H2,1-2H3,(H,16,17). The van der Waals surface area contributed by atoms with E-state index < -0.39 is 16.0 Å². The molecule has 0 radical (unpaired) electrons. The van der Waals surface area contributed by atoms with Gasteiger partial charge in [0.1, 0.15) is 0 Å². The van der Waals surface area contributed by atoms with Crippen LogP contribution in [-0.4, -0.2) is 36.9 Å². The summed E-state index contributed by atoms with van der Waals surface area (Å²) in [4.78, 5) is 11.1. The molecule has 0 unspecified atom stereocenters. The summed E-state index contributed by atoms with van der Waals surface area (Å²) in [5, 5.41) is 9.09. The van der Waals surface area contributed by atoms with Crippen molar-refractivity contribution in [1.82, 2.24) is 4.31 Å². The predicted octanol–water partition coefficient (Wildman–Crippen LogP) is 2.80. The van der Waals surface area contributed by atoms with Crippen LogP contribution >= 0.6 is 22.6 Å². The molecule has 0 aliphatic rings. The van der Waals surface area contributed by atoms with Crippen molar-refractivity contribution in [2.24, 2.45) is 0 Å². The predicted molar refractivity (Wildman–Crippen MR) is 85.5 cm³/mol. The minimum atomic E-state index is -3.63. The molecule has 0 saturated carbocycles. The zero-order valence-electron chi connectivity index (χ0n) is 11.5. The maximum atomic E-state index is 12.5. The fourth-order valence-corrected chi connectivity index (χ4v) is 4.05. The number of halogens is 1. The van der Waals surface area contributed by atoms with E-state index in [0.717, 1.165) is 12.8 Å². The second-order valence-corrected chi connectivity index (χ2v) is 7.45. The van der Waals surface area contributed by atoms with E-state index >= 15 is 0 Å². The quantitative estimate of drug-likeness (QED) is 0.701. The van der Waals surface area contributed by atoms with Gasteiger partial charge >= 0.3 is 5.97 Å². The highest BCUT2D eigenvalue weighted by molar-refractivity contribution is 14.1. The van der Waals surface area contributed by atoms with Gasteiger partial charge < -0.3 is 5.11 Å². The summed E-state index contributed by atoms with van der Waals surface area (Å²) >= 11 is 1.88. The maximum absolute atomic E-state index is 12.5. The maximum Gasteiger partial charge on any atom is 0.336 e. The average Bonchev–Trinajstić information content (AvgIpc) is 2.38. The number of aromatic carboxylic acids is 1. The van der Waals surface area contributed by atoms with Crippen LogP contribution in [0.4, 0.5) is 0 Å². The van der Waals surface area contributed by atoms with Crippen molar-refractivity contribution in [3.8, 4) is 0 Å². The average molecular weight is 411 g/mol. The Morgan fingerprint density at radius 2 is 1.80 bits per heavy atom. The summed E-state index contributed by atoms with van der Waals surface area (Å²) in [6.07, 6.45) is 1.44. The molecule has 1 N–H and O–H groups in total. The number of carboxylic acids is 1. The number of sulfonamides is 1. The number of hydrogen-bond acceptors (Lipinski definition) is 3. The molecule has 0 saturated heterocycles. The highest BCUT2D eigenvalue weighted by Gasteiger charge is 2.24. The molecule has 1 aromatic carbocycles. The molecule has 0 fully saturated rings. The third-order valence-electron chi connectivity index (χ3n) is 2.75. The molecule has 0 spiro atoms. The minimum Gasteiger partial charge on any atom is -0.478 e. The summed E-state index contributed by atoms with van der Waals surface area (Å²) in [6, 6.07) is 4.21. The van der Waals surface area contributed by atoms with Gasteiger partial charge in [0, 0.05) is 16.7 Å². The van der Waals surface area contributed by atoms with E-state index in [1.807, 2.05) is 36.4 Å². The molecule has 112 valence electrons. The van der Waals surface area contributed by atoms with Gasteiger partial charge in [-0.05, 0) is 53.6 Å². The Labute approximate surface area is 133 Å². The van der Waals surface area contributed by atoms with E-state index in [2.05, 4.69) is 0 Å². The Morgan fingerprint density at radius 1 is 1.25 bits per heavy atom. The molecule has 1 aromatic rings. The number of hydrogen-bond donors (Lipinski definition) is 1. The summed E-state index contributed by atoms with van der Waals surface area (Å²) < 4.78 is 27.0. The summed E-state index contributed by atoms with van der Waals surface area (Å²) in [5.74, 6) is -1.12. The van der Waals surface area contributed by atoms with Gasteiger partial charge in [-0.25, -0.2) is 13.2 Å². The van der Waals surface area contributed by atoms with Crippen LogP contribution in [0.5, 0.6) is 0 Å². The van der Waals surface area contributed by atoms with E-state index in [1.54, 1.807) is 0 Å². The molecule has 7 heteroatoms. The lowest BCUT2D eigenvalue weighted by Gasteiger charge is -2.21. The first-order valence-corrected chi connectivity index (χ1v) is 8.89. The highest BCUT2D eigenvalue weighted by atomic mass is 127. The first kappa shape index (κ1) is 17.4. The smallest absolute Gasteiger partial charge is 0.336 e. The number of rotatable bonds is 7. The van der Waals surface area contributed by atoms with Gasteiger partial charge in [0.15, 0.2) is 0 Å². The van der Waals surface area contributed by atoms with Gasteiger partial charge in [0.2, 0.25) is 10.0 Å². The molecule has 0 heterocycles. The van der Waals surface area contributed by atoms with Crippen LogP contribution in [0.1, 0.15) is 37.0 Å². The van der Waals surface area contributed by atoms with Crippen molar-refractivity contribution < 1.29 is 18.3 Å². The van der Waals surface area contributed by atoms with Crippen LogP contribution in [-0.2, 0) is 10.0 Å². The normalized spacial score (nSPS) is 11.8. The number of carbonyl (C=O) groups is 1. The van der Waals surface area contributed by atoms with Crippen molar-refractivity contribution in [3.05, 3.63) is 27.3 Å². The van der Waals surface area contributed by atoms with Crippen LogP contribution in [0, 0.1) is 3.57 Å². The molecule has 5 nitrogen and oxygen atoms in total. The van der Waals surface area contributed by atoms with E-state index in [1.165, 1.54) is 22.5 Å². The zero-order valence-corrected chi connectivity index (χ0v) is 14.4. The topological polar surface area (TPSA) is 74.7 Å². The van der Waals surface area contributed by atoms with Crippen LogP contribution < -0.4 is 0 Å². The largest absolute Gasteiger partial charge is 0.478 e. The molecule has 0 aliphatic heterocycles. The molecule has 0 aliphatic carbocycles.